The second-order valence-electron chi connectivity index (χ2n) is 3.17. The van der Waals surface area contributed by atoms with Crippen LogP contribution in [0.5, 0.6) is 0 Å². The molecule has 2 aromatic rings. The molecule has 0 aliphatic heterocycles. The third kappa shape index (κ3) is 3.19. The summed E-state index contributed by atoms with van der Waals surface area (Å²) in [6.07, 6.45) is -2.68. The van der Waals surface area contributed by atoms with Crippen LogP contribution in [0.3, 0.4) is 0 Å². The fourth-order valence-electron chi connectivity index (χ4n) is 1.18. The highest BCUT2D eigenvalue weighted by Crippen LogP contribution is 2.31. The van der Waals surface area contributed by atoms with Crippen molar-refractivity contribution in [3.05, 3.63) is 39.8 Å². The summed E-state index contributed by atoms with van der Waals surface area (Å²) in [6.45, 7) is 0. The highest BCUT2D eigenvalue weighted by atomic mass is 79.9. The smallest absolute Gasteiger partial charge is 0.332 e. The largest absolute Gasteiger partial charge is 0.416 e. The van der Waals surface area contributed by atoms with E-state index >= 15 is 0 Å². The molecule has 17 heavy (non-hydrogen) atoms. The number of anilines is 2. The molecule has 0 unspecified atom stereocenters. The number of nitrogens with zero attached hydrogens (tertiary/aromatic N) is 1. The van der Waals surface area contributed by atoms with Crippen LogP contribution < -0.4 is 5.32 Å². The number of hydrogen-bond donors (Lipinski definition) is 1. The van der Waals surface area contributed by atoms with Crippen molar-refractivity contribution in [2.45, 2.75) is 6.18 Å². The van der Waals surface area contributed by atoms with E-state index in [0.29, 0.717) is 10.8 Å². The van der Waals surface area contributed by atoms with E-state index in [2.05, 4.69) is 26.2 Å². The summed E-state index contributed by atoms with van der Waals surface area (Å²) in [5.41, 5.74) is -0.0942. The second kappa shape index (κ2) is 4.66. The van der Waals surface area contributed by atoms with Crippen LogP contribution in [-0.2, 0) is 6.18 Å². The van der Waals surface area contributed by atoms with Gasteiger partial charge in [-0.25, -0.2) is 4.98 Å². The van der Waals surface area contributed by atoms with E-state index in [-0.39, 0.29) is 0 Å². The first-order valence-corrected chi connectivity index (χ1v) is 6.12. The van der Waals surface area contributed by atoms with Gasteiger partial charge in [0.1, 0.15) is 0 Å². The topological polar surface area (TPSA) is 24.9 Å². The molecule has 0 fully saturated rings. The zero-order valence-corrected chi connectivity index (χ0v) is 10.7. The van der Waals surface area contributed by atoms with Gasteiger partial charge in [-0.15, -0.1) is 0 Å². The lowest BCUT2D eigenvalue weighted by atomic mass is 10.2. The Balaban J connectivity index is 2.13. The molecule has 90 valence electrons. The molecule has 0 atom stereocenters. The van der Waals surface area contributed by atoms with Gasteiger partial charge in [0, 0.05) is 5.69 Å². The van der Waals surface area contributed by atoms with Crippen LogP contribution >= 0.6 is 27.3 Å². The van der Waals surface area contributed by atoms with Gasteiger partial charge in [-0.1, -0.05) is 11.3 Å². The normalized spacial score (nSPS) is 11.5. The van der Waals surface area contributed by atoms with E-state index in [1.54, 1.807) is 6.20 Å². The van der Waals surface area contributed by atoms with E-state index in [9.17, 15) is 13.2 Å². The van der Waals surface area contributed by atoms with Gasteiger partial charge in [0.2, 0.25) is 0 Å². The maximum Gasteiger partial charge on any atom is 0.416 e. The number of benzene rings is 1. The number of hydrogen-bond acceptors (Lipinski definition) is 3. The molecule has 0 aliphatic rings. The first kappa shape index (κ1) is 12.4. The summed E-state index contributed by atoms with van der Waals surface area (Å²) in [6, 6.07) is 4.81. The van der Waals surface area contributed by atoms with Gasteiger partial charge in [0.15, 0.2) is 5.13 Å². The van der Waals surface area contributed by atoms with Crippen molar-refractivity contribution < 1.29 is 13.2 Å². The van der Waals surface area contributed by atoms with Crippen LogP contribution in [0.4, 0.5) is 24.0 Å². The zero-order valence-electron chi connectivity index (χ0n) is 8.25. The molecule has 7 heteroatoms. The maximum absolute atomic E-state index is 12.3. The monoisotopic (exact) mass is 322 g/mol. The Morgan fingerprint density at radius 2 is 1.82 bits per heavy atom. The van der Waals surface area contributed by atoms with Crippen molar-refractivity contribution >= 4 is 38.1 Å². The summed E-state index contributed by atoms with van der Waals surface area (Å²) in [4.78, 5) is 4.02. The van der Waals surface area contributed by atoms with Gasteiger partial charge in [-0.2, -0.15) is 13.2 Å². The number of nitrogens with one attached hydrogen (secondary N) is 1. The summed E-state index contributed by atoms with van der Waals surface area (Å²) >= 11 is 4.61. The molecule has 0 radical (unpaired) electrons. The fourth-order valence-corrected chi connectivity index (χ4v) is 2.31. The lowest BCUT2D eigenvalue weighted by molar-refractivity contribution is -0.137. The van der Waals surface area contributed by atoms with Crippen LogP contribution in [0.1, 0.15) is 5.56 Å². The van der Waals surface area contributed by atoms with Gasteiger partial charge >= 0.3 is 6.18 Å². The van der Waals surface area contributed by atoms with Gasteiger partial charge in [-0.3, -0.25) is 0 Å². The standard InChI is InChI=1S/C10H6BrF3N2S/c11-8-5-15-9(17-8)16-7-3-1-6(2-4-7)10(12,13)14/h1-5H,(H,15,16). The predicted molar refractivity (Wildman–Crippen MR) is 64.5 cm³/mol. The fraction of sp³-hybridized carbons (Fsp3) is 0.100. The zero-order chi connectivity index (χ0) is 12.5. The molecular formula is C10H6BrF3N2S. The average Bonchev–Trinajstić information content (AvgIpc) is 2.63. The maximum atomic E-state index is 12.3. The number of halogens is 4. The molecule has 0 spiro atoms. The minimum absolute atomic E-state index is 0.569. The quantitative estimate of drug-likeness (QED) is 0.869. The lowest BCUT2D eigenvalue weighted by Gasteiger charge is -2.07. The molecule has 2 nitrogen and oxygen atoms in total. The average molecular weight is 323 g/mol. The summed E-state index contributed by atoms with van der Waals surface area (Å²) < 4.78 is 37.8. The van der Waals surface area contributed by atoms with Crippen LogP contribution in [0.15, 0.2) is 34.2 Å². The minimum Gasteiger partial charge on any atom is -0.332 e. The number of alkyl halides is 3. The van der Waals surface area contributed by atoms with Crippen molar-refractivity contribution in [2.75, 3.05) is 5.32 Å². The summed E-state index contributed by atoms with van der Waals surface area (Å²) in [5.74, 6) is 0. The molecule has 0 bridgehead atoms. The molecule has 0 saturated heterocycles. The third-order valence-corrected chi connectivity index (χ3v) is 3.33. The number of aromatic nitrogens is 1. The second-order valence-corrected chi connectivity index (χ2v) is 5.58. The van der Waals surface area contributed by atoms with Gasteiger partial charge in [0.05, 0.1) is 15.5 Å². The molecular weight excluding hydrogens is 317 g/mol. The highest BCUT2D eigenvalue weighted by molar-refractivity contribution is 9.11. The van der Waals surface area contributed by atoms with Gasteiger partial charge < -0.3 is 5.32 Å². The van der Waals surface area contributed by atoms with Crippen molar-refractivity contribution in [1.82, 2.24) is 4.98 Å². The summed E-state index contributed by atoms with van der Waals surface area (Å²) in [7, 11) is 0. The summed E-state index contributed by atoms with van der Waals surface area (Å²) in [5, 5.41) is 3.54. The van der Waals surface area contributed by atoms with E-state index in [4.69, 9.17) is 0 Å². The Kier molecular flexibility index (Phi) is 3.39. The first-order chi connectivity index (χ1) is 7.95. The third-order valence-electron chi connectivity index (χ3n) is 1.94. The van der Waals surface area contributed by atoms with E-state index in [0.717, 1.165) is 15.9 Å². The molecule has 1 heterocycles. The van der Waals surface area contributed by atoms with Crippen LogP contribution in [0.25, 0.3) is 0 Å². The van der Waals surface area contributed by atoms with E-state index < -0.39 is 11.7 Å². The van der Waals surface area contributed by atoms with E-state index in [1.165, 1.54) is 23.5 Å². The van der Waals surface area contributed by atoms with Crippen molar-refractivity contribution in [3.8, 4) is 0 Å². The lowest BCUT2D eigenvalue weighted by Crippen LogP contribution is -2.04. The van der Waals surface area contributed by atoms with Crippen molar-refractivity contribution in [3.63, 3.8) is 0 Å². The van der Waals surface area contributed by atoms with Gasteiger partial charge in [0.25, 0.3) is 0 Å². The molecule has 0 saturated carbocycles. The van der Waals surface area contributed by atoms with Crippen LogP contribution in [0, 0.1) is 0 Å². The Labute approximate surface area is 108 Å². The van der Waals surface area contributed by atoms with Crippen molar-refractivity contribution in [1.29, 1.82) is 0 Å². The van der Waals surface area contributed by atoms with Crippen molar-refractivity contribution in [2.24, 2.45) is 0 Å². The Morgan fingerprint density at radius 1 is 1.18 bits per heavy atom. The SMILES string of the molecule is FC(F)(F)c1ccc(Nc2ncc(Br)s2)cc1. The molecule has 1 aromatic carbocycles. The molecule has 1 N–H and O–H groups in total. The predicted octanol–water partition coefficient (Wildman–Crippen LogP) is 4.67. The van der Waals surface area contributed by atoms with Crippen LogP contribution in [-0.4, -0.2) is 4.98 Å². The van der Waals surface area contributed by atoms with Gasteiger partial charge in [-0.05, 0) is 40.2 Å². The molecule has 1 aromatic heterocycles. The number of rotatable bonds is 2. The minimum atomic E-state index is -4.30. The highest BCUT2D eigenvalue weighted by Gasteiger charge is 2.29. The van der Waals surface area contributed by atoms with Crippen LogP contribution in [0.2, 0.25) is 0 Å². The molecule has 0 aliphatic carbocycles. The Bertz CT molecular complexity index is 507. The number of thiazole rings is 1. The van der Waals surface area contributed by atoms with E-state index in [1.807, 2.05) is 0 Å². The molecule has 0 amide bonds. The Morgan fingerprint density at radius 3 is 2.29 bits per heavy atom. The molecule has 2 rings (SSSR count). The first-order valence-electron chi connectivity index (χ1n) is 4.51. The Hall–Kier alpha value is -1.08.